The number of rotatable bonds is 6. The van der Waals surface area contributed by atoms with Crippen LogP contribution in [0.4, 0.5) is 13.2 Å². The van der Waals surface area contributed by atoms with Crippen molar-refractivity contribution in [2.45, 2.75) is 45.7 Å². The van der Waals surface area contributed by atoms with Gasteiger partial charge in [0.15, 0.2) is 0 Å². The molecule has 3 aliphatic carbocycles. The molecule has 0 aliphatic heterocycles. The van der Waals surface area contributed by atoms with Crippen molar-refractivity contribution in [2.75, 3.05) is 13.1 Å². The quantitative estimate of drug-likeness (QED) is 0.729. The summed E-state index contributed by atoms with van der Waals surface area (Å²) in [6, 6.07) is 5.05. The van der Waals surface area contributed by atoms with Crippen molar-refractivity contribution in [2.24, 2.45) is 23.2 Å². The zero-order chi connectivity index (χ0) is 22.4. The second-order valence-electron chi connectivity index (χ2n) is 9.35. The van der Waals surface area contributed by atoms with Crippen LogP contribution in [0.2, 0.25) is 0 Å². The molecule has 5 rings (SSSR count). The number of nitrogens with zero attached hydrogens (tertiary/aromatic N) is 2. The van der Waals surface area contributed by atoms with Crippen molar-refractivity contribution in [1.29, 1.82) is 0 Å². The number of carbonyl (C=O) groups is 2. The van der Waals surface area contributed by atoms with Crippen molar-refractivity contribution >= 4 is 17.5 Å². The van der Waals surface area contributed by atoms with Crippen LogP contribution in [-0.4, -0.2) is 40.5 Å². The van der Waals surface area contributed by atoms with E-state index in [1.165, 1.54) is 19.0 Å². The average Bonchev–Trinajstić information content (AvgIpc) is 3.12. The highest BCUT2D eigenvalue weighted by Crippen LogP contribution is 2.61. The van der Waals surface area contributed by atoms with E-state index in [9.17, 15) is 22.8 Å². The number of amides is 2. The molecule has 2 amide bonds. The molecule has 2 heterocycles. The molecule has 31 heavy (non-hydrogen) atoms. The van der Waals surface area contributed by atoms with E-state index in [2.05, 4.69) is 24.1 Å². The molecule has 2 bridgehead atoms. The van der Waals surface area contributed by atoms with E-state index in [1.807, 2.05) is 5.32 Å². The van der Waals surface area contributed by atoms with Gasteiger partial charge in [0.2, 0.25) is 5.91 Å². The Bertz CT molecular complexity index is 996. The maximum absolute atomic E-state index is 12.9. The van der Waals surface area contributed by atoms with Gasteiger partial charge in [0.05, 0.1) is 12.1 Å². The molecule has 3 fully saturated rings. The van der Waals surface area contributed by atoms with Crippen LogP contribution in [0, 0.1) is 23.2 Å². The number of fused-ring (bicyclic) bond motifs is 3. The summed E-state index contributed by atoms with van der Waals surface area (Å²) < 4.78 is 38.4. The lowest BCUT2D eigenvalue weighted by molar-refractivity contribution is -0.138. The monoisotopic (exact) mass is 436 g/mol. The van der Waals surface area contributed by atoms with Gasteiger partial charge in [0.25, 0.3) is 5.91 Å². The molecule has 2 aromatic rings. The highest BCUT2D eigenvalue weighted by molar-refractivity contribution is 5.93. The molecule has 2 aromatic heterocycles. The molecule has 0 radical (unpaired) electrons. The number of aromatic nitrogens is 2. The lowest BCUT2D eigenvalue weighted by Crippen LogP contribution is -2.54. The van der Waals surface area contributed by atoms with Gasteiger partial charge >= 0.3 is 6.18 Å². The number of imidazole rings is 1. The number of hydrogen-bond acceptors (Lipinski definition) is 3. The maximum Gasteiger partial charge on any atom is 0.405 e. The predicted octanol–water partition coefficient (Wildman–Crippen LogP) is 3.36. The van der Waals surface area contributed by atoms with Crippen LogP contribution in [0.3, 0.4) is 0 Å². The molecule has 0 aromatic carbocycles. The van der Waals surface area contributed by atoms with Crippen LogP contribution in [-0.2, 0) is 11.2 Å². The molecule has 168 valence electrons. The first kappa shape index (κ1) is 21.6. The Balaban J connectivity index is 1.41. The number of pyridine rings is 1. The van der Waals surface area contributed by atoms with Gasteiger partial charge in [0.1, 0.15) is 17.9 Å². The minimum atomic E-state index is -4.46. The maximum atomic E-state index is 12.9. The number of hydrogen-bond donors (Lipinski definition) is 2. The van der Waals surface area contributed by atoms with E-state index in [4.69, 9.17) is 0 Å². The largest absolute Gasteiger partial charge is 0.405 e. The van der Waals surface area contributed by atoms with E-state index in [1.54, 1.807) is 22.6 Å². The molecule has 0 spiro atoms. The molecule has 3 unspecified atom stereocenters. The summed E-state index contributed by atoms with van der Waals surface area (Å²) in [4.78, 5) is 28.9. The SMILES string of the molecule is CC1(C)C2CCC(CNC(=O)c3cccc4nc(CC(=O)NCC(F)(F)F)cn34)C1C2. The summed E-state index contributed by atoms with van der Waals surface area (Å²) in [5.74, 6) is 0.910. The molecule has 9 heteroatoms. The van der Waals surface area contributed by atoms with Gasteiger partial charge in [-0.05, 0) is 54.6 Å². The summed E-state index contributed by atoms with van der Waals surface area (Å²) in [5, 5.41) is 4.88. The van der Waals surface area contributed by atoms with Crippen molar-refractivity contribution in [3.05, 3.63) is 35.8 Å². The molecule has 6 nitrogen and oxygen atoms in total. The Labute approximate surface area is 178 Å². The molecule has 0 saturated heterocycles. The first-order valence-corrected chi connectivity index (χ1v) is 10.6. The van der Waals surface area contributed by atoms with E-state index in [0.29, 0.717) is 40.8 Å². The predicted molar refractivity (Wildman–Crippen MR) is 108 cm³/mol. The number of carbonyl (C=O) groups excluding carboxylic acids is 2. The second kappa shape index (κ2) is 7.84. The number of nitrogens with one attached hydrogen (secondary N) is 2. The fourth-order valence-corrected chi connectivity index (χ4v) is 5.28. The third kappa shape index (κ3) is 4.41. The number of halogens is 3. The Morgan fingerprint density at radius 1 is 1.23 bits per heavy atom. The summed E-state index contributed by atoms with van der Waals surface area (Å²) >= 11 is 0. The summed E-state index contributed by atoms with van der Waals surface area (Å²) in [6.45, 7) is 3.88. The Kier molecular flexibility index (Phi) is 5.47. The zero-order valence-corrected chi connectivity index (χ0v) is 17.6. The minimum absolute atomic E-state index is 0.227. The zero-order valence-electron chi connectivity index (χ0n) is 17.6. The van der Waals surface area contributed by atoms with Gasteiger partial charge in [-0.1, -0.05) is 19.9 Å². The second-order valence-corrected chi connectivity index (χ2v) is 9.35. The molecule has 3 atom stereocenters. The molecular weight excluding hydrogens is 409 g/mol. The minimum Gasteiger partial charge on any atom is -0.350 e. The smallest absolute Gasteiger partial charge is 0.350 e. The Hall–Kier alpha value is -2.58. The molecule has 3 saturated carbocycles. The Morgan fingerprint density at radius 3 is 2.68 bits per heavy atom. The van der Waals surface area contributed by atoms with Crippen LogP contribution in [0.5, 0.6) is 0 Å². The first-order chi connectivity index (χ1) is 14.5. The van der Waals surface area contributed by atoms with Crippen LogP contribution in [0.1, 0.15) is 49.3 Å². The summed E-state index contributed by atoms with van der Waals surface area (Å²) in [5.41, 5.74) is 1.49. The van der Waals surface area contributed by atoms with E-state index in [0.717, 1.165) is 12.3 Å². The van der Waals surface area contributed by atoms with Crippen LogP contribution >= 0.6 is 0 Å². The van der Waals surface area contributed by atoms with Crippen molar-refractivity contribution in [3.8, 4) is 0 Å². The van der Waals surface area contributed by atoms with Gasteiger partial charge in [-0.2, -0.15) is 13.2 Å². The summed E-state index contributed by atoms with van der Waals surface area (Å²) in [6.07, 6.45) is 0.348. The van der Waals surface area contributed by atoms with Gasteiger partial charge in [-0.25, -0.2) is 4.98 Å². The summed E-state index contributed by atoms with van der Waals surface area (Å²) in [7, 11) is 0. The highest BCUT2D eigenvalue weighted by Gasteiger charge is 2.53. The van der Waals surface area contributed by atoms with Crippen LogP contribution in [0.25, 0.3) is 5.65 Å². The lowest BCUT2D eigenvalue weighted by Gasteiger charge is -2.60. The van der Waals surface area contributed by atoms with Crippen LogP contribution < -0.4 is 10.6 Å². The van der Waals surface area contributed by atoms with Gasteiger partial charge < -0.3 is 10.6 Å². The normalized spacial score (nSPS) is 24.5. The van der Waals surface area contributed by atoms with Gasteiger partial charge in [-0.15, -0.1) is 0 Å². The average molecular weight is 436 g/mol. The molecule has 3 aliphatic rings. The third-order valence-electron chi connectivity index (χ3n) is 7.13. The number of alkyl halides is 3. The first-order valence-electron chi connectivity index (χ1n) is 10.6. The lowest BCUT2D eigenvalue weighted by atomic mass is 9.45. The highest BCUT2D eigenvalue weighted by atomic mass is 19.4. The van der Waals surface area contributed by atoms with Crippen molar-refractivity contribution in [3.63, 3.8) is 0 Å². The standard InChI is InChI=1S/C22H27F3N4O2/c1-21(2)14-7-6-13(16(21)8-14)10-26-20(31)17-4-3-5-18-28-15(11-29(17)18)9-19(30)27-12-22(23,24)25/h3-5,11,13-14,16H,6-10,12H2,1-2H3,(H,26,31)(H,27,30). The topological polar surface area (TPSA) is 75.5 Å². The van der Waals surface area contributed by atoms with Gasteiger partial charge in [-0.3, -0.25) is 14.0 Å². The van der Waals surface area contributed by atoms with E-state index >= 15 is 0 Å². The third-order valence-corrected chi connectivity index (χ3v) is 7.13. The van der Waals surface area contributed by atoms with E-state index < -0.39 is 18.6 Å². The van der Waals surface area contributed by atoms with Crippen molar-refractivity contribution in [1.82, 2.24) is 20.0 Å². The fraction of sp³-hybridized carbons (Fsp3) is 0.591. The van der Waals surface area contributed by atoms with Crippen LogP contribution in [0.15, 0.2) is 24.4 Å². The van der Waals surface area contributed by atoms with Crippen molar-refractivity contribution < 1.29 is 22.8 Å². The fourth-order valence-electron chi connectivity index (χ4n) is 5.28. The Morgan fingerprint density at radius 2 is 2.00 bits per heavy atom. The van der Waals surface area contributed by atoms with E-state index in [-0.39, 0.29) is 12.3 Å². The van der Waals surface area contributed by atoms with Gasteiger partial charge in [0, 0.05) is 12.7 Å². The molecule has 2 N–H and O–H groups in total. The molecular formula is C22H27F3N4O2.